The van der Waals surface area contributed by atoms with Gasteiger partial charge in [0.15, 0.2) is 0 Å². The Kier molecular flexibility index (Phi) is 4.62. The van der Waals surface area contributed by atoms with Crippen LogP contribution in [-0.2, 0) is 0 Å². The van der Waals surface area contributed by atoms with Gasteiger partial charge in [-0.15, -0.1) is 0 Å². The van der Waals surface area contributed by atoms with E-state index in [-0.39, 0.29) is 5.02 Å². The molecule has 0 radical (unpaired) electrons. The highest BCUT2D eigenvalue weighted by Gasteiger charge is 2.16. The van der Waals surface area contributed by atoms with Crippen molar-refractivity contribution in [3.05, 3.63) is 62.0 Å². The molecule has 1 N–H and O–H groups in total. The molecular weight excluding hydrogens is 375 g/mol. The Balaban J connectivity index is 2.33. The molecule has 0 saturated carbocycles. The first kappa shape index (κ1) is 15.2. The molecule has 0 aliphatic rings. The van der Waals surface area contributed by atoms with Crippen LogP contribution in [0.4, 0.5) is 14.5 Å². The van der Waals surface area contributed by atoms with Crippen molar-refractivity contribution in [1.82, 2.24) is 0 Å². The molecule has 7 heteroatoms. The summed E-state index contributed by atoms with van der Waals surface area (Å²) >= 11 is 14.4. The van der Waals surface area contributed by atoms with Crippen LogP contribution in [0, 0.1) is 11.6 Å². The molecule has 0 saturated heterocycles. The normalized spacial score (nSPS) is 10.4. The maximum atomic E-state index is 13.6. The van der Waals surface area contributed by atoms with E-state index in [0.717, 1.165) is 12.1 Å². The summed E-state index contributed by atoms with van der Waals surface area (Å²) in [6.45, 7) is 0. The second-order valence-electron chi connectivity index (χ2n) is 3.82. The molecule has 0 atom stereocenters. The highest BCUT2D eigenvalue weighted by atomic mass is 79.9. The fourth-order valence-corrected chi connectivity index (χ4v) is 2.15. The number of carbonyl (C=O) groups is 1. The van der Waals surface area contributed by atoms with Crippen molar-refractivity contribution in [1.29, 1.82) is 0 Å². The van der Waals surface area contributed by atoms with E-state index in [0.29, 0.717) is 15.2 Å². The van der Waals surface area contributed by atoms with Crippen molar-refractivity contribution in [2.45, 2.75) is 0 Å². The lowest BCUT2D eigenvalue weighted by Crippen LogP contribution is -2.14. The lowest BCUT2D eigenvalue weighted by Gasteiger charge is -2.09. The summed E-state index contributed by atoms with van der Waals surface area (Å²) < 4.78 is 27.5. The summed E-state index contributed by atoms with van der Waals surface area (Å²) in [5.41, 5.74) is -0.101. The average molecular weight is 381 g/mol. The fourth-order valence-electron chi connectivity index (χ4n) is 1.48. The van der Waals surface area contributed by atoms with E-state index in [1.807, 2.05) is 0 Å². The maximum absolute atomic E-state index is 13.6. The fraction of sp³-hybridized carbons (Fsp3) is 0. The smallest absolute Gasteiger partial charge is 0.258 e. The van der Waals surface area contributed by atoms with Crippen LogP contribution in [0.15, 0.2) is 34.8 Å². The van der Waals surface area contributed by atoms with Gasteiger partial charge >= 0.3 is 0 Å². The van der Waals surface area contributed by atoms with E-state index in [2.05, 4.69) is 21.2 Å². The Morgan fingerprint density at radius 1 is 1.10 bits per heavy atom. The third kappa shape index (κ3) is 3.29. The Labute approximate surface area is 131 Å². The zero-order valence-electron chi connectivity index (χ0n) is 9.68. The maximum Gasteiger partial charge on any atom is 0.258 e. The van der Waals surface area contributed by atoms with Gasteiger partial charge in [-0.1, -0.05) is 23.2 Å². The Morgan fingerprint density at radius 2 is 1.80 bits per heavy atom. The standard InChI is InChI=1S/C13H6BrCl2F2NO/c14-8-2-1-6(15)3-12(8)19-13(20)7-4-11(18)9(16)5-10(7)17/h1-5H,(H,19,20). The number of carbonyl (C=O) groups excluding carboxylic acids is 1. The van der Waals surface area contributed by atoms with E-state index in [9.17, 15) is 13.6 Å². The third-order valence-corrected chi connectivity index (χ3v) is 3.65. The molecule has 0 fully saturated rings. The highest BCUT2D eigenvalue weighted by Crippen LogP contribution is 2.27. The van der Waals surface area contributed by atoms with Gasteiger partial charge in [-0.2, -0.15) is 0 Å². The number of rotatable bonds is 2. The first-order valence-electron chi connectivity index (χ1n) is 5.29. The molecule has 104 valence electrons. The molecule has 0 aliphatic heterocycles. The molecule has 0 heterocycles. The monoisotopic (exact) mass is 379 g/mol. The molecule has 2 nitrogen and oxygen atoms in total. The summed E-state index contributed by atoms with van der Waals surface area (Å²) in [5, 5.41) is 2.44. The lowest BCUT2D eigenvalue weighted by molar-refractivity contribution is 0.102. The minimum atomic E-state index is -0.910. The number of halogens is 5. The van der Waals surface area contributed by atoms with Crippen LogP contribution >= 0.6 is 39.1 Å². The minimum Gasteiger partial charge on any atom is -0.321 e. The summed E-state index contributed by atoms with van der Waals surface area (Å²) in [4.78, 5) is 11.9. The quantitative estimate of drug-likeness (QED) is 0.705. The zero-order valence-corrected chi connectivity index (χ0v) is 12.8. The number of hydrogen-bond acceptors (Lipinski definition) is 1. The van der Waals surface area contributed by atoms with Gasteiger partial charge in [0.25, 0.3) is 5.91 Å². The van der Waals surface area contributed by atoms with Crippen LogP contribution in [0.2, 0.25) is 10.0 Å². The molecule has 0 spiro atoms. The van der Waals surface area contributed by atoms with E-state index in [1.165, 1.54) is 6.07 Å². The molecule has 0 bridgehead atoms. The van der Waals surface area contributed by atoms with Crippen LogP contribution in [0.5, 0.6) is 0 Å². The molecule has 0 unspecified atom stereocenters. The minimum absolute atomic E-state index is 0.345. The van der Waals surface area contributed by atoms with E-state index in [4.69, 9.17) is 23.2 Å². The zero-order chi connectivity index (χ0) is 14.9. The van der Waals surface area contributed by atoms with Crippen molar-refractivity contribution in [2.75, 3.05) is 5.32 Å². The first-order valence-corrected chi connectivity index (χ1v) is 6.84. The Bertz CT molecular complexity index is 694. The third-order valence-electron chi connectivity index (χ3n) is 2.43. The van der Waals surface area contributed by atoms with Crippen molar-refractivity contribution in [3.8, 4) is 0 Å². The van der Waals surface area contributed by atoms with Crippen molar-refractivity contribution < 1.29 is 13.6 Å². The largest absolute Gasteiger partial charge is 0.321 e. The van der Waals surface area contributed by atoms with Crippen molar-refractivity contribution in [2.24, 2.45) is 0 Å². The van der Waals surface area contributed by atoms with Gasteiger partial charge in [0.05, 0.1) is 16.3 Å². The van der Waals surface area contributed by atoms with Gasteiger partial charge in [0, 0.05) is 9.50 Å². The van der Waals surface area contributed by atoms with Gasteiger partial charge in [-0.3, -0.25) is 4.79 Å². The molecule has 0 aliphatic carbocycles. The van der Waals surface area contributed by atoms with Crippen LogP contribution in [0.3, 0.4) is 0 Å². The van der Waals surface area contributed by atoms with Crippen LogP contribution in [-0.4, -0.2) is 5.91 Å². The second kappa shape index (κ2) is 6.08. The van der Waals surface area contributed by atoms with Gasteiger partial charge < -0.3 is 5.32 Å². The van der Waals surface area contributed by atoms with E-state index in [1.54, 1.807) is 12.1 Å². The van der Waals surface area contributed by atoms with E-state index < -0.39 is 23.1 Å². The summed E-state index contributed by atoms with van der Waals surface area (Å²) in [5.74, 6) is -2.59. The van der Waals surface area contributed by atoms with Gasteiger partial charge in [-0.25, -0.2) is 8.78 Å². The molecule has 20 heavy (non-hydrogen) atoms. The van der Waals surface area contributed by atoms with Gasteiger partial charge in [0.2, 0.25) is 0 Å². The van der Waals surface area contributed by atoms with Crippen LogP contribution in [0.1, 0.15) is 10.4 Å². The molecular formula is C13H6BrCl2F2NO. The average Bonchev–Trinajstić information content (AvgIpc) is 2.38. The predicted octanol–water partition coefficient (Wildman–Crippen LogP) is 5.29. The Hall–Kier alpha value is -1.17. The summed E-state index contributed by atoms with van der Waals surface area (Å²) in [6.07, 6.45) is 0. The number of benzene rings is 2. The van der Waals surface area contributed by atoms with E-state index >= 15 is 0 Å². The summed E-state index contributed by atoms with van der Waals surface area (Å²) in [7, 11) is 0. The highest BCUT2D eigenvalue weighted by molar-refractivity contribution is 9.10. The number of amides is 1. The predicted molar refractivity (Wildman–Crippen MR) is 78.5 cm³/mol. The van der Waals surface area contributed by atoms with Crippen LogP contribution in [0.25, 0.3) is 0 Å². The number of anilines is 1. The molecule has 1 amide bonds. The topological polar surface area (TPSA) is 29.1 Å². The van der Waals surface area contributed by atoms with Crippen molar-refractivity contribution >= 4 is 50.7 Å². The summed E-state index contributed by atoms with van der Waals surface area (Å²) in [6, 6.07) is 6.21. The van der Waals surface area contributed by atoms with Crippen molar-refractivity contribution in [3.63, 3.8) is 0 Å². The van der Waals surface area contributed by atoms with Gasteiger partial charge in [-0.05, 0) is 46.3 Å². The molecule has 2 aromatic carbocycles. The number of nitrogens with one attached hydrogen (secondary N) is 1. The van der Waals surface area contributed by atoms with Crippen LogP contribution < -0.4 is 5.32 Å². The molecule has 2 rings (SSSR count). The number of hydrogen-bond donors (Lipinski definition) is 1. The van der Waals surface area contributed by atoms with Gasteiger partial charge in [0.1, 0.15) is 11.6 Å². The second-order valence-corrected chi connectivity index (χ2v) is 5.52. The lowest BCUT2D eigenvalue weighted by atomic mass is 10.2. The molecule has 2 aromatic rings. The SMILES string of the molecule is O=C(Nc1cc(Cl)ccc1Br)c1cc(F)c(Cl)cc1F. The first-order chi connectivity index (χ1) is 9.38. The Morgan fingerprint density at radius 3 is 2.50 bits per heavy atom. The molecule has 0 aromatic heterocycles.